The number of piperidine rings is 1. The Labute approximate surface area is 206 Å². The molecule has 8 heteroatoms. The fourth-order valence-electron chi connectivity index (χ4n) is 4.01. The number of aromatic nitrogens is 2. The van der Waals surface area contributed by atoms with Gasteiger partial charge in [-0.15, -0.1) is 0 Å². The van der Waals surface area contributed by atoms with Crippen LogP contribution >= 0.6 is 11.8 Å². The van der Waals surface area contributed by atoms with Gasteiger partial charge in [-0.25, -0.2) is 9.97 Å². The van der Waals surface area contributed by atoms with Gasteiger partial charge in [0.25, 0.3) is 5.91 Å². The molecule has 0 saturated carbocycles. The molecule has 3 aromatic rings. The number of carbonyl (C=O) groups is 1. The molecule has 4 rings (SSSR count). The molecule has 1 saturated heterocycles. The largest absolute Gasteiger partial charge is 0.455 e. The first-order valence-electron chi connectivity index (χ1n) is 11.8. The lowest BCUT2D eigenvalue weighted by molar-refractivity contribution is 0.0922. The average Bonchev–Trinajstić information content (AvgIpc) is 3.32. The highest BCUT2D eigenvalue weighted by Crippen LogP contribution is 2.30. The van der Waals surface area contributed by atoms with Crippen LogP contribution in [0.25, 0.3) is 11.3 Å². The molecule has 2 aromatic heterocycles. The molecule has 1 N–H and O–H groups in total. The van der Waals surface area contributed by atoms with Gasteiger partial charge in [0.15, 0.2) is 10.9 Å². The lowest BCUT2D eigenvalue weighted by Gasteiger charge is -2.34. The topological polar surface area (TPSA) is 74.5 Å². The second-order valence-electron chi connectivity index (χ2n) is 8.91. The Morgan fingerprint density at radius 1 is 1.18 bits per heavy atom. The van der Waals surface area contributed by atoms with Crippen molar-refractivity contribution in [3.05, 3.63) is 60.1 Å². The Hall–Kier alpha value is -2.84. The van der Waals surface area contributed by atoms with Crippen LogP contribution in [0.15, 0.2) is 58.1 Å². The van der Waals surface area contributed by atoms with Crippen molar-refractivity contribution in [2.24, 2.45) is 0 Å². The van der Waals surface area contributed by atoms with Crippen molar-refractivity contribution < 1.29 is 9.21 Å². The lowest BCUT2D eigenvalue weighted by atomic mass is 10.0. The van der Waals surface area contributed by atoms with Crippen molar-refractivity contribution in [3.8, 4) is 11.3 Å². The van der Waals surface area contributed by atoms with Crippen LogP contribution in [-0.2, 0) is 5.75 Å². The minimum Gasteiger partial charge on any atom is -0.455 e. The fraction of sp³-hybridized carbons (Fsp3) is 0.423. The number of carbonyl (C=O) groups excluding carboxylic acids is 1. The van der Waals surface area contributed by atoms with E-state index in [1.165, 1.54) is 31.0 Å². The van der Waals surface area contributed by atoms with Gasteiger partial charge in [0.2, 0.25) is 0 Å². The Kier molecular flexibility index (Phi) is 8.24. The molecule has 3 heterocycles. The smallest absolute Gasteiger partial charge is 0.287 e. The normalized spacial score (nSPS) is 16.1. The van der Waals surface area contributed by atoms with Gasteiger partial charge < -0.3 is 19.5 Å². The molecule has 180 valence electrons. The third-order valence-electron chi connectivity index (χ3n) is 5.93. The second-order valence-corrected chi connectivity index (χ2v) is 9.85. The molecule has 1 amide bonds. The first-order valence-corrected chi connectivity index (χ1v) is 12.8. The summed E-state index contributed by atoms with van der Waals surface area (Å²) in [6.45, 7) is 4.64. The Balaban J connectivity index is 1.49. The molecule has 1 aromatic carbocycles. The van der Waals surface area contributed by atoms with Crippen molar-refractivity contribution in [3.63, 3.8) is 0 Å². The number of hydrogen-bond acceptors (Lipinski definition) is 7. The lowest BCUT2D eigenvalue weighted by Crippen LogP contribution is -2.38. The number of amides is 1. The molecule has 1 aliphatic heterocycles. The van der Waals surface area contributed by atoms with Crippen LogP contribution in [0.5, 0.6) is 0 Å². The van der Waals surface area contributed by atoms with Gasteiger partial charge in [-0.1, -0.05) is 42.1 Å². The van der Waals surface area contributed by atoms with Crippen molar-refractivity contribution in [2.75, 3.05) is 38.6 Å². The number of nitrogens with zero attached hydrogens (tertiary/aromatic N) is 4. The van der Waals surface area contributed by atoms with Crippen LogP contribution in [0.1, 0.15) is 42.5 Å². The number of nitrogens with one attached hydrogen (secondary N) is 1. The van der Waals surface area contributed by atoms with Gasteiger partial charge in [0, 0.05) is 37.3 Å². The van der Waals surface area contributed by atoms with E-state index < -0.39 is 0 Å². The summed E-state index contributed by atoms with van der Waals surface area (Å²) >= 11 is 1.53. The van der Waals surface area contributed by atoms with Gasteiger partial charge >= 0.3 is 0 Å². The first-order chi connectivity index (χ1) is 16.5. The van der Waals surface area contributed by atoms with E-state index in [0.717, 1.165) is 35.9 Å². The standard InChI is InChI=1S/C26H33N5O2S/c1-19-9-7-8-15-31(19)24-17-22(20-10-5-4-6-11-20)28-26(29-24)34-18-21-12-13-23(33-21)25(32)27-14-16-30(2)3/h4-6,10-13,17,19H,7-9,14-16,18H2,1-3H3,(H,27,32). The highest BCUT2D eigenvalue weighted by molar-refractivity contribution is 7.98. The third-order valence-corrected chi connectivity index (χ3v) is 6.80. The first kappa shape index (κ1) is 24.3. The zero-order chi connectivity index (χ0) is 23.9. The van der Waals surface area contributed by atoms with E-state index in [1.54, 1.807) is 6.07 Å². The van der Waals surface area contributed by atoms with Gasteiger partial charge in [-0.2, -0.15) is 0 Å². The van der Waals surface area contributed by atoms with E-state index in [0.29, 0.717) is 29.3 Å². The van der Waals surface area contributed by atoms with Gasteiger partial charge in [0.1, 0.15) is 11.6 Å². The van der Waals surface area contributed by atoms with Crippen LogP contribution in [0.4, 0.5) is 5.82 Å². The SMILES string of the molecule is CC1CCCCN1c1cc(-c2ccccc2)nc(SCc2ccc(C(=O)NCCN(C)C)o2)n1. The fourth-order valence-corrected chi connectivity index (χ4v) is 4.76. The van der Waals surface area contributed by atoms with E-state index in [9.17, 15) is 4.79 Å². The Morgan fingerprint density at radius 2 is 2.00 bits per heavy atom. The van der Waals surface area contributed by atoms with Crippen LogP contribution in [0.3, 0.4) is 0 Å². The quantitative estimate of drug-likeness (QED) is 0.352. The van der Waals surface area contributed by atoms with Crippen LogP contribution in [0.2, 0.25) is 0 Å². The maximum atomic E-state index is 12.3. The summed E-state index contributed by atoms with van der Waals surface area (Å²) in [6.07, 6.45) is 3.63. The molecule has 1 fully saturated rings. The third kappa shape index (κ3) is 6.39. The van der Waals surface area contributed by atoms with Crippen molar-refractivity contribution in [2.45, 2.75) is 43.1 Å². The van der Waals surface area contributed by atoms with Gasteiger partial charge in [-0.05, 0) is 52.4 Å². The summed E-state index contributed by atoms with van der Waals surface area (Å²) < 4.78 is 5.79. The van der Waals surface area contributed by atoms with E-state index in [4.69, 9.17) is 14.4 Å². The molecule has 1 atom stereocenters. The Morgan fingerprint density at radius 3 is 2.76 bits per heavy atom. The van der Waals surface area contributed by atoms with Crippen molar-refractivity contribution in [1.29, 1.82) is 0 Å². The summed E-state index contributed by atoms with van der Waals surface area (Å²) in [4.78, 5) is 26.5. The van der Waals surface area contributed by atoms with Crippen LogP contribution < -0.4 is 10.2 Å². The molecule has 1 aliphatic rings. The number of hydrogen-bond donors (Lipinski definition) is 1. The van der Waals surface area contributed by atoms with Crippen molar-refractivity contribution in [1.82, 2.24) is 20.2 Å². The highest BCUT2D eigenvalue weighted by atomic mass is 32.2. The molecule has 0 radical (unpaired) electrons. The average molecular weight is 480 g/mol. The second kappa shape index (κ2) is 11.5. The number of likely N-dealkylation sites (N-methyl/N-ethyl adjacent to an activating group) is 1. The van der Waals surface area contributed by atoms with Crippen LogP contribution in [-0.4, -0.2) is 60.5 Å². The minimum atomic E-state index is -0.193. The van der Waals surface area contributed by atoms with Gasteiger partial charge in [-0.3, -0.25) is 4.79 Å². The van der Waals surface area contributed by atoms with E-state index in [1.807, 2.05) is 43.3 Å². The van der Waals surface area contributed by atoms with Crippen LogP contribution in [0, 0.1) is 0 Å². The zero-order valence-corrected chi connectivity index (χ0v) is 21.0. The van der Waals surface area contributed by atoms with Gasteiger partial charge in [0.05, 0.1) is 11.4 Å². The minimum absolute atomic E-state index is 0.193. The molecular formula is C26H33N5O2S. The maximum Gasteiger partial charge on any atom is 0.287 e. The number of anilines is 1. The number of furan rings is 1. The van der Waals surface area contributed by atoms with E-state index in [2.05, 4.69) is 35.3 Å². The molecule has 1 unspecified atom stereocenters. The Bertz CT molecular complexity index is 1090. The molecular weight excluding hydrogens is 446 g/mol. The molecule has 0 bridgehead atoms. The monoisotopic (exact) mass is 479 g/mol. The zero-order valence-electron chi connectivity index (χ0n) is 20.2. The summed E-state index contributed by atoms with van der Waals surface area (Å²) in [6, 6.07) is 16.4. The predicted octanol–water partition coefficient (Wildman–Crippen LogP) is 4.70. The van der Waals surface area contributed by atoms with E-state index in [-0.39, 0.29) is 5.91 Å². The molecule has 34 heavy (non-hydrogen) atoms. The van der Waals surface area contributed by atoms with E-state index >= 15 is 0 Å². The molecule has 0 aliphatic carbocycles. The summed E-state index contributed by atoms with van der Waals surface area (Å²) in [5.74, 6) is 2.39. The maximum absolute atomic E-state index is 12.3. The predicted molar refractivity (Wildman–Crippen MR) is 137 cm³/mol. The highest BCUT2D eigenvalue weighted by Gasteiger charge is 2.21. The number of rotatable bonds is 9. The summed E-state index contributed by atoms with van der Waals surface area (Å²) in [5.41, 5.74) is 2.00. The number of benzene rings is 1. The molecule has 7 nitrogen and oxygen atoms in total. The summed E-state index contributed by atoms with van der Waals surface area (Å²) in [7, 11) is 3.95. The summed E-state index contributed by atoms with van der Waals surface area (Å²) in [5, 5.41) is 3.59. The number of thioether (sulfide) groups is 1. The van der Waals surface area contributed by atoms with Crippen molar-refractivity contribution >= 4 is 23.5 Å². The molecule has 0 spiro atoms.